The number of nitrogens with one attached hydrogen (secondary N) is 1. The van der Waals surface area contributed by atoms with Gasteiger partial charge in [-0.1, -0.05) is 23.8 Å². The summed E-state index contributed by atoms with van der Waals surface area (Å²) in [7, 11) is 1.55. The molecule has 1 rings (SSSR count). The maximum absolute atomic E-state index is 10.7. The number of nitrogen functional groups attached to an aromatic ring is 1. The summed E-state index contributed by atoms with van der Waals surface area (Å²) in [6.07, 6.45) is 3.61. The van der Waals surface area contributed by atoms with Gasteiger partial charge in [0.2, 0.25) is 5.91 Å². The Balaban J connectivity index is 2.80. The van der Waals surface area contributed by atoms with Gasteiger partial charge in [0.1, 0.15) is 5.75 Å². The number of carbonyl (C=O) groups excluding carboxylic acids is 1. The quantitative estimate of drug-likeness (QED) is 0.809. The second-order valence-electron chi connectivity index (χ2n) is 3.46. The summed E-state index contributed by atoms with van der Waals surface area (Å²) in [6.45, 7) is 1.92. The zero-order valence-corrected chi connectivity index (χ0v) is 10.5. The molecule has 17 heavy (non-hydrogen) atoms. The lowest BCUT2D eigenvalue weighted by Crippen LogP contribution is -2.19. The molecule has 0 unspecified atom stereocenters. The van der Waals surface area contributed by atoms with Gasteiger partial charge in [-0.05, 0) is 17.7 Å². The number of anilines is 1. The van der Waals surface area contributed by atoms with Crippen LogP contribution in [0.5, 0.6) is 5.75 Å². The van der Waals surface area contributed by atoms with Crippen molar-refractivity contribution in [3.05, 3.63) is 28.8 Å². The van der Waals surface area contributed by atoms with Crippen LogP contribution in [0.3, 0.4) is 0 Å². The van der Waals surface area contributed by atoms with Gasteiger partial charge in [0.05, 0.1) is 17.8 Å². The molecule has 0 aliphatic carbocycles. The zero-order valence-electron chi connectivity index (χ0n) is 9.79. The van der Waals surface area contributed by atoms with Crippen LogP contribution in [-0.2, 0) is 4.79 Å². The summed E-state index contributed by atoms with van der Waals surface area (Å²) < 4.78 is 5.10. The third-order valence-electron chi connectivity index (χ3n) is 2.12. The third-order valence-corrected chi connectivity index (χ3v) is 2.44. The van der Waals surface area contributed by atoms with E-state index in [9.17, 15) is 4.79 Å². The first-order chi connectivity index (χ1) is 8.04. The van der Waals surface area contributed by atoms with E-state index in [1.807, 2.05) is 0 Å². The average molecular weight is 255 g/mol. The Bertz CT molecular complexity index is 444. The van der Waals surface area contributed by atoms with Crippen LogP contribution in [0.1, 0.15) is 12.5 Å². The normalized spacial score (nSPS) is 10.5. The second-order valence-corrected chi connectivity index (χ2v) is 3.86. The summed E-state index contributed by atoms with van der Waals surface area (Å²) in [6, 6.07) is 3.39. The van der Waals surface area contributed by atoms with Gasteiger partial charge in [-0.15, -0.1) is 0 Å². The maximum atomic E-state index is 10.7. The highest BCUT2D eigenvalue weighted by molar-refractivity contribution is 6.32. The topological polar surface area (TPSA) is 64.3 Å². The Labute approximate surface area is 105 Å². The summed E-state index contributed by atoms with van der Waals surface area (Å²) >= 11 is 6.03. The fourth-order valence-corrected chi connectivity index (χ4v) is 1.51. The summed E-state index contributed by atoms with van der Waals surface area (Å²) in [5.74, 6) is 0.504. The molecule has 0 fully saturated rings. The highest BCUT2D eigenvalue weighted by atomic mass is 35.5. The Morgan fingerprint density at radius 1 is 1.59 bits per heavy atom. The van der Waals surface area contributed by atoms with Gasteiger partial charge in [-0.25, -0.2) is 0 Å². The molecule has 0 aromatic heterocycles. The molecule has 1 aromatic rings. The lowest BCUT2D eigenvalue weighted by molar-refractivity contribution is -0.118. The molecule has 0 radical (unpaired) electrons. The summed E-state index contributed by atoms with van der Waals surface area (Å²) in [5.41, 5.74) is 7.00. The molecular weight excluding hydrogens is 240 g/mol. The van der Waals surface area contributed by atoms with E-state index in [0.717, 1.165) is 5.56 Å². The number of halogens is 1. The van der Waals surface area contributed by atoms with E-state index in [4.69, 9.17) is 22.1 Å². The highest BCUT2D eigenvalue weighted by Crippen LogP contribution is 2.29. The molecule has 5 heteroatoms. The third kappa shape index (κ3) is 4.00. The second kappa shape index (κ2) is 6.15. The minimum atomic E-state index is -0.0735. The molecule has 1 aromatic carbocycles. The van der Waals surface area contributed by atoms with Crippen LogP contribution < -0.4 is 15.8 Å². The summed E-state index contributed by atoms with van der Waals surface area (Å²) in [5, 5.41) is 3.19. The van der Waals surface area contributed by atoms with E-state index in [2.05, 4.69) is 5.32 Å². The van der Waals surface area contributed by atoms with Crippen molar-refractivity contribution in [2.24, 2.45) is 0 Å². The van der Waals surface area contributed by atoms with Crippen molar-refractivity contribution < 1.29 is 9.53 Å². The first-order valence-corrected chi connectivity index (χ1v) is 5.46. The van der Waals surface area contributed by atoms with Gasteiger partial charge in [0.25, 0.3) is 0 Å². The van der Waals surface area contributed by atoms with Crippen LogP contribution in [0.25, 0.3) is 6.08 Å². The number of benzene rings is 1. The molecular formula is C12H15ClN2O2. The lowest BCUT2D eigenvalue weighted by atomic mass is 10.1. The Morgan fingerprint density at radius 2 is 2.29 bits per heavy atom. The van der Waals surface area contributed by atoms with E-state index in [-0.39, 0.29) is 5.91 Å². The van der Waals surface area contributed by atoms with Gasteiger partial charge in [0, 0.05) is 13.5 Å². The Kier molecular flexibility index (Phi) is 4.84. The van der Waals surface area contributed by atoms with Gasteiger partial charge in [-0.2, -0.15) is 0 Å². The monoisotopic (exact) mass is 254 g/mol. The molecule has 0 atom stereocenters. The van der Waals surface area contributed by atoms with Gasteiger partial charge >= 0.3 is 0 Å². The first-order valence-electron chi connectivity index (χ1n) is 5.08. The smallest absolute Gasteiger partial charge is 0.217 e. The van der Waals surface area contributed by atoms with Gasteiger partial charge < -0.3 is 15.8 Å². The zero-order chi connectivity index (χ0) is 12.8. The van der Waals surface area contributed by atoms with E-state index < -0.39 is 0 Å². The molecule has 4 nitrogen and oxygen atoms in total. The predicted molar refractivity (Wildman–Crippen MR) is 70.1 cm³/mol. The fraction of sp³-hybridized carbons (Fsp3) is 0.250. The minimum Gasteiger partial charge on any atom is -0.495 e. The SMILES string of the molecule is COc1cc(C=CCNC(C)=O)c(Cl)cc1N. The maximum Gasteiger partial charge on any atom is 0.217 e. The molecule has 92 valence electrons. The number of ether oxygens (including phenoxy) is 1. The number of carbonyl (C=O) groups is 1. The molecule has 0 spiro atoms. The number of hydrogen-bond donors (Lipinski definition) is 2. The lowest BCUT2D eigenvalue weighted by Gasteiger charge is -2.07. The first kappa shape index (κ1) is 13.4. The summed E-state index contributed by atoms with van der Waals surface area (Å²) in [4.78, 5) is 10.7. The molecule has 0 saturated carbocycles. The van der Waals surface area contributed by atoms with Crippen molar-refractivity contribution >= 4 is 29.3 Å². The van der Waals surface area contributed by atoms with Crippen molar-refractivity contribution in [2.75, 3.05) is 19.4 Å². The molecule has 1 amide bonds. The fourth-order valence-electron chi connectivity index (χ4n) is 1.28. The van der Waals surface area contributed by atoms with Gasteiger partial charge in [-0.3, -0.25) is 4.79 Å². The number of hydrogen-bond acceptors (Lipinski definition) is 3. The van der Waals surface area contributed by atoms with Crippen molar-refractivity contribution in [1.29, 1.82) is 0 Å². The van der Waals surface area contributed by atoms with Crippen LogP contribution in [0.2, 0.25) is 5.02 Å². The molecule has 0 bridgehead atoms. The van der Waals surface area contributed by atoms with E-state index in [1.165, 1.54) is 6.92 Å². The van der Waals surface area contributed by atoms with Crippen LogP contribution in [-0.4, -0.2) is 19.6 Å². The van der Waals surface area contributed by atoms with Crippen molar-refractivity contribution in [3.8, 4) is 5.75 Å². The van der Waals surface area contributed by atoms with Crippen LogP contribution >= 0.6 is 11.6 Å². The van der Waals surface area contributed by atoms with Crippen molar-refractivity contribution in [1.82, 2.24) is 5.32 Å². The van der Waals surface area contributed by atoms with E-state index in [1.54, 1.807) is 31.4 Å². The standard InChI is InChI=1S/C12H15ClN2O2/c1-8(16)15-5-3-4-9-6-12(17-2)11(14)7-10(9)13/h3-4,6-7H,5,14H2,1-2H3,(H,15,16). The van der Waals surface area contributed by atoms with Crippen LogP contribution in [0, 0.1) is 0 Å². The van der Waals surface area contributed by atoms with Gasteiger partial charge in [0.15, 0.2) is 0 Å². The van der Waals surface area contributed by atoms with E-state index >= 15 is 0 Å². The number of nitrogens with two attached hydrogens (primary N) is 1. The Morgan fingerprint density at radius 3 is 2.88 bits per heavy atom. The highest BCUT2D eigenvalue weighted by Gasteiger charge is 2.04. The molecule has 0 saturated heterocycles. The van der Waals surface area contributed by atoms with Crippen LogP contribution in [0.4, 0.5) is 5.69 Å². The Hall–Kier alpha value is -1.68. The van der Waals surface area contributed by atoms with Crippen molar-refractivity contribution in [3.63, 3.8) is 0 Å². The number of amides is 1. The number of rotatable bonds is 4. The molecule has 3 N–H and O–H groups in total. The molecule has 0 heterocycles. The molecule has 0 aliphatic rings. The molecule has 0 aliphatic heterocycles. The van der Waals surface area contributed by atoms with E-state index in [0.29, 0.717) is 23.0 Å². The number of methoxy groups -OCH3 is 1. The average Bonchev–Trinajstić information content (AvgIpc) is 2.26. The largest absolute Gasteiger partial charge is 0.495 e. The van der Waals surface area contributed by atoms with Crippen LogP contribution in [0.15, 0.2) is 18.2 Å². The minimum absolute atomic E-state index is 0.0735. The predicted octanol–water partition coefficient (Wildman–Crippen LogP) is 2.08. The van der Waals surface area contributed by atoms with Crippen molar-refractivity contribution in [2.45, 2.75) is 6.92 Å².